The molecular formula is C10H21N3O. The van der Waals surface area contributed by atoms with E-state index in [0.717, 1.165) is 32.2 Å². The number of hydrogen-bond acceptors (Lipinski definition) is 3. The molecule has 1 amide bonds. The molecule has 0 bridgehead atoms. The summed E-state index contributed by atoms with van der Waals surface area (Å²) in [6.07, 6.45) is 5.08. The maximum Gasteiger partial charge on any atom is 0.221 e. The monoisotopic (exact) mass is 199 g/mol. The lowest BCUT2D eigenvalue weighted by Gasteiger charge is -2.26. The normalized spacial score (nSPS) is 27.3. The maximum atomic E-state index is 10.9. The first-order chi connectivity index (χ1) is 6.72. The second kappa shape index (κ2) is 5.98. The van der Waals surface area contributed by atoms with Gasteiger partial charge in [0.1, 0.15) is 0 Å². The topological polar surface area (TPSA) is 67.2 Å². The van der Waals surface area contributed by atoms with E-state index in [1.807, 2.05) is 0 Å². The highest BCUT2D eigenvalue weighted by Gasteiger charge is 2.17. The lowest BCUT2D eigenvalue weighted by Crippen LogP contribution is -2.38. The summed E-state index contributed by atoms with van der Waals surface area (Å²) >= 11 is 0. The highest BCUT2D eigenvalue weighted by atomic mass is 16.1. The van der Waals surface area contributed by atoms with Crippen LogP contribution in [0, 0.1) is 0 Å². The molecule has 1 aliphatic rings. The predicted octanol–water partition coefficient (Wildman–Crippen LogP) is -0.0180. The average Bonchev–Trinajstić information content (AvgIpc) is 2.21. The van der Waals surface area contributed by atoms with Crippen LogP contribution in [-0.2, 0) is 4.79 Å². The summed E-state index contributed by atoms with van der Waals surface area (Å²) < 4.78 is 0. The minimum atomic E-state index is 0.102. The van der Waals surface area contributed by atoms with E-state index in [-0.39, 0.29) is 5.91 Å². The highest BCUT2D eigenvalue weighted by molar-refractivity contribution is 5.75. The summed E-state index contributed by atoms with van der Waals surface area (Å²) in [7, 11) is 1.67. The molecule has 4 nitrogen and oxygen atoms in total. The highest BCUT2D eigenvalue weighted by Crippen LogP contribution is 2.16. The van der Waals surface area contributed by atoms with Gasteiger partial charge in [-0.2, -0.15) is 0 Å². The molecule has 0 spiro atoms. The molecule has 0 aromatic carbocycles. The van der Waals surface area contributed by atoms with Crippen molar-refractivity contribution < 1.29 is 4.79 Å². The van der Waals surface area contributed by atoms with Crippen LogP contribution in [0.4, 0.5) is 0 Å². The number of nitrogens with two attached hydrogens (primary N) is 1. The molecule has 0 aromatic rings. The third-order valence-corrected chi connectivity index (χ3v) is 2.84. The average molecular weight is 199 g/mol. The second-order valence-electron chi connectivity index (χ2n) is 3.99. The van der Waals surface area contributed by atoms with Crippen LogP contribution < -0.4 is 16.4 Å². The van der Waals surface area contributed by atoms with Crippen molar-refractivity contribution in [2.24, 2.45) is 5.73 Å². The van der Waals surface area contributed by atoms with Crippen LogP contribution in [0.2, 0.25) is 0 Å². The molecule has 14 heavy (non-hydrogen) atoms. The first-order valence-electron chi connectivity index (χ1n) is 5.42. The molecule has 1 fully saturated rings. The van der Waals surface area contributed by atoms with Gasteiger partial charge < -0.3 is 16.4 Å². The van der Waals surface area contributed by atoms with Gasteiger partial charge in [0.15, 0.2) is 0 Å². The van der Waals surface area contributed by atoms with Crippen LogP contribution in [0.5, 0.6) is 0 Å². The number of hydrogen-bond donors (Lipinski definition) is 3. The Morgan fingerprint density at radius 3 is 2.57 bits per heavy atom. The largest absolute Gasteiger partial charge is 0.359 e. The van der Waals surface area contributed by atoms with Gasteiger partial charge in [-0.15, -0.1) is 0 Å². The van der Waals surface area contributed by atoms with Gasteiger partial charge in [-0.25, -0.2) is 0 Å². The summed E-state index contributed by atoms with van der Waals surface area (Å²) in [5.41, 5.74) is 5.80. The van der Waals surface area contributed by atoms with Crippen LogP contribution in [0.25, 0.3) is 0 Å². The van der Waals surface area contributed by atoms with Gasteiger partial charge in [0.25, 0.3) is 0 Å². The Bertz CT molecular complexity index is 176. The quantitative estimate of drug-likeness (QED) is 0.596. The van der Waals surface area contributed by atoms with Gasteiger partial charge in [-0.3, -0.25) is 4.79 Å². The third-order valence-electron chi connectivity index (χ3n) is 2.84. The summed E-state index contributed by atoms with van der Waals surface area (Å²) in [6.45, 7) is 0.777. The van der Waals surface area contributed by atoms with Gasteiger partial charge in [0, 0.05) is 32.1 Å². The number of carbonyl (C=O) groups is 1. The molecule has 4 heteroatoms. The minimum absolute atomic E-state index is 0.102. The fraction of sp³-hybridized carbons (Fsp3) is 0.900. The third kappa shape index (κ3) is 4.07. The Morgan fingerprint density at radius 2 is 2.00 bits per heavy atom. The number of amides is 1. The van der Waals surface area contributed by atoms with E-state index in [1.54, 1.807) is 7.05 Å². The van der Waals surface area contributed by atoms with E-state index in [0.29, 0.717) is 18.5 Å². The number of rotatable bonds is 4. The molecule has 0 atom stereocenters. The van der Waals surface area contributed by atoms with Crippen LogP contribution in [-0.4, -0.2) is 31.6 Å². The SMILES string of the molecule is CNC(=O)CCNC1CCC(N)CC1. The molecular weight excluding hydrogens is 178 g/mol. The molecule has 1 saturated carbocycles. The number of carbonyl (C=O) groups excluding carboxylic acids is 1. The van der Waals surface area contributed by atoms with E-state index in [1.165, 1.54) is 0 Å². The van der Waals surface area contributed by atoms with Crippen molar-refractivity contribution in [3.63, 3.8) is 0 Å². The van der Waals surface area contributed by atoms with E-state index < -0.39 is 0 Å². The lowest BCUT2D eigenvalue weighted by molar-refractivity contribution is -0.120. The molecule has 4 N–H and O–H groups in total. The van der Waals surface area contributed by atoms with Crippen molar-refractivity contribution in [1.82, 2.24) is 10.6 Å². The van der Waals surface area contributed by atoms with Gasteiger partial charge in [0.05, 0.1) is 0 Å². The molecule has 0 unspecified atom stereocenters. The van der Waals surface area contributed by atoms with E-state index in [2.05, 4.69) is 10.6 Å². The van der Waals surface area contributed by atoms with Crippen molar-refractivity contribution in [2.75, 3.05) is 13.6 Å². The zero-order valence-corrected chi connectivity index (χ0v) is 8.88. The summed E-state index contributed by atoms with van der Waals surface area (Å²) in [6, 6.07) is 0.964. The second-order valence-corrected chi connectivity index (χ2v) is 3.99. The van der Waals surface area contributed by atoms with Crippen molar-refractivity contribution in [3.05, 3.63) is 0 Å². The van der Waals surface area contributed by atoms with Crippen molar-refractivity contribution in [2.45, 2.75) is 44.2 Å². The molecule has 1 aliphatic carbocycles. The standard InChI is InChI=1S/C10H21N3O/c1-12-10(14)6-7-13-9-4-2-8(11)3-5-9/h8-9,13H,2-7,11H2,1H3,(H,12,14). The Labute approximate surface area is 85.6 Å². The molecule has 0 saturated heterocycles. The van der Waals surface area contributed by atoms with E-state index >= 15 is 0 Å². The lowest BCUT2D eigenvalue weighted by atomic mass is 9.92. The van der Waals surface area contributed by atoms with Crippen LogP contribution in [0.15, 0.2) is 0 Å². The Balaban J connectivity index is 2.04. The Kier molecular flexibility index (Phi) is 4.90. The fourth-order valence-electron chi connectivity index (χ4n) is 1.84. The molecule has 0 aliphatic heterocycles. The van der Waals surface area contributed by atoms with Crippen LogP contribution in [0.3, 0.4) is 0 Å². The molecule has 0 radical (unpaired) electrons. The summed E-state index contributed by atoms with van der Waals surface area (Å²) in [5.74, 6) is 0.102. The summed E-state index contributed by atoms with van der Waals surface area (Å²) in [4.78, 5) is 10.9. The molecule has 82 valence electrons. The van der Waals surface area contributed by atoms with Crippen molar-refractivity contribution in [1.29, 1.82) is 0 Å². The molecule has 0 aromatic heterocycles. The fourth-order valence-corrected chi connectivity index (χ4v) is 1.84. The van der Waals surface area contributed by atoms with Crippen LogP contribution in [0.1, 0.15) is 32.1 Å². The zero-order valence-electron chi connectivity index (χ0n) is 8.88. The van der Waals surface area contributed by atoms with E-state index in [9.17, 15) is 4.79 Å². The van der Waals surface area contributed by atoms with Crippen molar-refractivity contribution >= 4 is 5.91 Å². The van der Waals surface area contributed by atoms with Gasteiger partial charge >= 0.3 is 0 Å². The van der Waals surface area contributed by atoms with Crippen molar-refractivity contribution in [3.8, 4) is 0 Å². The predicted molar refractivity (Wildman–Crippen MR) is 56.9 cm³/mol. The van der Waals surface area contributed by atoms with Gasteiger partial charge in [-0.1, -0.05) is 0 Å². The maximum absolute atomic E-state index is 10.9. The van der Waals surface area contributed by atoms with E-state index in [4.69, 9.17) is 5.73 Å². The summed E-state index contributed by atoms with van der Waals surface area (Å²) in [5, 5.41) is 6.00. The Morgan fingerprint density at radius 1 is 1.36 bits per heavy atom. The Hall–Kier alpha value is -0.610. The van der Waals surface area contributed by atoms with Crippen LogP contribution >= 0.6 is 0 Å². The first kappa shape index (κ1) is 11.5. The molecule has 0 heterocycles. The molecule has 1 rings (SSSR count). The number of nitrogens with one attached hydrogen (secondary N) is 2. The zero-order chi connectivity index (χ0) is 10.4. The smallest absolute Gasteiger partial charge is 0.221 e. The van der Waals surface area contributed by atoms with Gasteiger partial charge in [0.2, 0.25) is 5.91 Å². The first-order valence-corrected chi connectivity index (χ1v) is 5.42. The van der Waals surface area contributed by atoms with Gasteiger partial charge in [-0.05, 0) is 25.7 Å². The minimum Gasteiger partial charge on any atom is -0.359 e.